The van der Waals surface area contributed by atoms with E-state index in [1.54, 1.807) is 0 Å². The molecule has 0 aliphatic heterocycles. The zero-order chi connectivity index (χ0) is 19.7. The van der Waals surface area contributed by atoms with Crippen molar-refractivity contribution in [3.05, 3.63) is 29.8 Å². The maximum atomic E-state index is 11.8. The fourth-order valence-electron chi connectivity index (χ4n) is 2.67. The molecule has 7 nitrogen and oxygen atoms in total. The fraction of sp³-hybridized carbons (Fsp3) is 0.600. The Morgan fingerprint density at radius 1 is 0.778 bits per heavy atom. The van der Waals surface area contributed by atoms with Gasteiger partial charge in [0.05, 0.1) is 0 Å². The van der Waals surface area contributed by atoms with Gasteiger partial charge in [-0.3, -0.25) is 15.6 Å². The van der Waals surface area contributed by atoms with E-state index >= 15 is 0 Å². The Labute approximate surface area is 162 Å². The molecule has 0 spiro atoms. The molecule has 1 aromatic carbocycles. The number of aromatic hydroxyl groups is 1. The number of phenols is 1. The number of unbranched alkanes of at least 4 members (excludes halogenated alkanes) is 9. The van der Waals surface area contributed by atoms with Gasteiger partial charge in [0.15, 0.2) is 0 Å². The second-order valence-corrected chi connectivity index (χ2v) is 6.69. The van der Waals surface area contributed by atoms with Crippen molar-refractivity contribution in [2.24, 2.45) is 0 Å². The molecule has 7 heteroatoms. The van der Waals surface area contributed by atoms with Crippen molar-refractivity contribution in [2.75, 3.05) is 6.54 Å². The third-order valence-corrected chi connectivity index (χ3v) is 4.28. The Kier molecular flexibility index (Phi) is 12.5. The van der Waals surface area contributed by atoms with E-state index < -0.39 is 11.9 Å². The first-order valence-corrected chi connectivity index (χ1v) is 10.0. The van der Waals surface area contributed by atoms with E-state index in [9.17, 15) is 14.7 Å². The number of amides is 3. The van der Waals surface area contributed by atoms with Gasteiger partial charge in [0.25, 0.3) is 5.91 Å². The fourth-order valence-corrected chi connectivity index (χ4v) is 2.67. The highest BCUT2D eigenvalue weighted by molar-refractivity contribution is 5.95. The number of nitrogens with one attached hydrogen (secondary N) is 4. The predicted octanol–water partition coefficient (Wildman–Crippen LogP) is 3.76. The van der Waals surface area contributed by atoms with Crippen molar-refractivity contribution in [3.8, 4) is 5.75 Å². The number of hydrogen-bond acceptors (Lipinski definition) is 4. The standard InChI is InChI=1S/C20H34N4O3/c1-2-3-4-5-6-7-8-9-10-11-16-21-23-20(27)24-22-19(26)17-12-14-18(25)15-13-17/h12-15,21,25H,2-11,16H2,1H3,(H,22,26)(H2,23,24,27). The number of hydrogen-bond donors (Lipinski definition) is 5. The molecule has 1 aromatic rings. The molecule has 5 N–H and O–H groups in total. The highest BCUT2D eigenvalue weighted by atomic mass is 16.3. The van der Waals surface area contributed by atoms with Gasteiger partial charge < -0.3 is 5.11 Å². The van der Waals surface area contributed by atoms with E-state index in [2.05, 4.69) is 28.6 Å². The normalized spacial score (nSPS) is 10.4. The molecule has 0 bridgehead atoms. The zero-order valence-electron chi connectivity index (χ0n) is 16.4. The van der Waals surface area contributed by atoms with Crippen molar-refractivity contribution in [2.45, 2.75) is 71.1 Å². The van der Waals surface area contributed by atoms with Gasteiger partial charge >= 0.3 is 6.03 Å². The SMILES string of the molecule is CCCCCCCCCCCCNNC(=O)NNC(=O)c1ccc(O)cc1. The van der Waals surface area contributed by atoms with Crippen LogP contribution < -0.4 is 21.7 Å². The first kappa shape index (κ1) is 22.8. The van der Waals surface area contributed by atoms with Gasteiger partial charge in [0.1, 0.15) is 5.75 Å². The Hall–Kier alpha value is -2.28. The van der Waals surface area contributed by atoms with Crippen LogP contribution in [0, 0.1) is 0 Å². The van der Waals surface area contributed by atoms with E-state index in [4.69, 9.17) is 0 Å². The van der Waals surface area contributed by atoms with Gasteiger partial charge in [-0.15, -0.1) is 0 Å². The third kappa shape index (κ3) is 11.9. The monoisotopic (exact) mass is 378 g/mol. The third-order valence-electron chi connectivity index (χ3n) is 4.28. The molecule has 0 radical (unpaired) electrons. The summed E-state index contributed by atoms with van der Waals surface area (Å²) in [5, 5.41) is 9.18. The van der Waals surface area contributed by atoms with Gasteiger partial charge in [0.2, 0.25) is 0 Å². The summed E-state index contributed by atoms with van der Waals surface area (Å²) in [6.07, 6.45) is 12.7. The minimum atomic E-state index is -0.533. The second-order valence-electron chi connectivity index (χ2n) is 6.69. The molecule has 0 atom stereocenters. The summed E-state index contributed by atoms with van der Waals surface area (Å²) in [5.74, 6) is -0.381. The Bertz CT molecular complexity index is 535. The van der Waals surface area contributed by atoms with E-state index in [0.717, 1.165) is 12.8 Å². The van der Waals surface area contributed by atoms with E-state index in [1.807, 2.05) is 0 Å². The lowest BCUT2D eigenvalue weighted by Crippen LogP contribution is -2.51. The largest absolute Gasteiger partial charge is 0.508 e. The van der Waals surface area contributed by atoms with Crippen LogP contribution in [0.1, 0.15) is 81.5 Å². The van der Waals surface area contributed by atoms with E-state index in [1.165, 1.54) is 75.6 Å². The average molecular weight is 379 g/mol. The molecular weight excluding hydrogens is 344 g/mol. The summed E-state index contributed by atoms with van der Waals surface area (Å²) in [6, 6.07) is 5.21. The molecule has 3 amide bonds. The molecule has 1 rings (SSSR count). The molecule has 0 aliphatic carbocycles. The summed E-state index contributed by atoms with van der Waals surface area (Å²) in [7, 11) is 0. The minimum absolute atomic E-state index is 0.0772. The van der Waals surface area contributed by atoms with Crippen molar-refractivity contribution < 1.29 is 14.7 Å². The maximum Gasteiger partial charge on any atom is 0.347 e. The Balaban J connectivity index is 1.92. The highest BCUT2D eigenvalue weighted by Gasteiger charge is 2.06. The van der Waals surface area contributed by atoms with Crippen LogP contribution in [0.3, 0.4) is 0 Å². The summed E-state index contributed by atoms with van der Waals surface area (Å²) < 4.78 is 0. The van der Waals surface area contributed by atoms with Gasteiger partial charge in [-0.25, -0.2) is 15.6 Å². The summed E-state index contributed by atoms with van der Waals surface area (Å²) in [4.78, 5) is 23.4. The number of benzene rings is 1. The van der Waals surface area contributed by atoms with Crippen molar-refractivity contribution in [1.29, 1.82) is 0 Å². The van der Waals surface area contributed by atoms with Crippen molar-refractivity contribution in [1.82, 2.24) is 21.7 Å². The zero-order valence-corrected chi connectivity index (χ0v) is 16.4. The van der Waals surface area contributed by atoms with Crippen molar-refractivity contribution >= 4 is 11.9 Å². The number of phenolic OH excluding ortho intramolecular Hbond substituents is 1. The molecule has 0 saturated heterocycles. The van der Waals surface area contributed by atoms with Crippen LogP contribution >= 0.6 is 0 Å². The van der Waals surface area contributed by atoms with Crippen LogP contribution in [-0.4, -0.2) is 23.6 Å². The number of urea groups is 1. The first-order chi connectivity index (χ1) is 13.1. The summed E-state index contributed by atoms with van der Waals surface area (Å²) >= 11 is 0. The molecule has 0 fully saturated rings. The molecule has 0 saturated carbocycles. The van der Waals surface area contributed by atoms with Crippen LogP contribution in [0.4, 0.5) is 4.79 Å². The van der Waals surface area contributed by atoms with Gasteiger partial charge in [0, 0.05) is 12.1 Å². The molecule has 0 aliphatic rings. The average Bonchev–Trinajstić information content (AvgIpc) is 2.67. The van der Waals surface area contributed by atoms with Crippen LogP contribution in [0.25, 0.3) is 0 Å². The quantitative estimate of drug-likeness (QED) is 0.266. The number of hydrazine groups is 2. The smallest absolute Gasteiger partial charge is 0.347 e. The maximum absolute atomic E-state index is 11.8. The second kappa shape index (κ2) is 14.8. The topological polar surface area (TPSA) is 102 Å². The molecular formula is C20H34N4O3. The van der Waals surface area contributed by atoms with Crippen molar-refractivity contribution in [3.63, 3.8) is 0 Å². The van der Waals surface area contributed by atoms with Gasteiger partial charge in [-0.1, -0.05) is 64.7 Å². The van der Waals surface area contributed by atoms with Crippen LogP contribution in [-0.2, 0) is 0 Å². The molecule has 27 heavy (non-hydrogen) atoms. The van der Waals surface area contributed by atoms with Gasteiger partial charge in [-0.05, 0) is 30.7 Å². The van der Waals surface area contributed by atoms with Crippen LogP contribution in [0.5, 0.6) is 5.75 Å². The number of rotatable bonds is 13. The lowest BCUT2D eigenvalue weighted by molar-refractivity contribution is 0.0936. The number of carbonyl (C=O) groups is 2. The molecule has 0 heterocycles. The highest BCUT2D eigenvalue weighted by Crippen LogP contribution is 2.10. The number of carbonyl (C=O) groups excluding carboxylic acids is 2. The lowest BCUT2D eigenvalue weighted by atomic mass is 10.1. The van der Waals surface area contributed by atoms with Crippen LogP contribution in [0.15, 0.2) is 24.3 Å². The minimum Gasteiger partial charge on any atom is -0.508 e. The summed E-state index contributed by atoms with van der Waals surface area (Å²) in [6.45, 7) is 2.93. The lowest BCUT2D eigenvalue weighted by Gasteiger charge is -2.10. The van der Waals surface area contributed by atoms with E-state index in [-0.39, 0.29) is 5.75 Å². The molecule has 0 unspecified atom stereocenters. The molecule has 152 valence electrons. The molecule has 0 aromatic heterocycles. The Morgan fingerprint density at radius 3 is 1.93 bits per heavy atom. The first-order valence-electron chi connectivity index (χ1n) is 10.0. The Morgan fingerprint density at radius 2 is 1.33 bits per heavy atom. The van der Waals surface area contributed by atoms with Crippen LogP contribution in [0.2, 0.25) is 0 Å². The van der Waals surface area contributed by atoms with Gasteiger partial charge in [-0.2, -0.15) is 0 Å². The summed E-state index contributed by atoms with van der Waals surface area (Å²) in [5.41, 5.74) is 10.2. The van der Waals surface area contributed by atoms with E-state index in [0.29, 0.717) is 12.1 Å². The predicted molar refractivity (Wildman–Crippen MR) is 107 cm³/mol.